The van der Waals surface area contributed by atoms with Crippen LogP contribution in [0.2, 0.25) is 0 Å². The molecule has 1 spiro atoms. The van der Waals surface area contributed by atoms with E-state index in [0.29, 0.717) is 0 Å². The lowest BCUT2D eigenvalue weighted by molar-refractivity contribution is 0.793. The highest BCUT2D eigenvalue weighted by molar-refractivity contribution is 9.10. The van der Waals surface area contributed by atoms with Gasteiger partial charge in [-0.2, -0.15) is 0 Å². The molecule has 3 heteroatoms. The summed E-state index contributed by atoms with van der Waals surface area (Å²) in [4.78, 5) is 2.39. The van der Waals surface area contributed by atoms with Crippen LogP contribution in [-0.2, 0) is 5.41 Å². The summed E-state index contributed by atoms with van der Waals surface area (Å²) in [5.74, 6) is 0. The summed E-state index contributed by atoms with van der Waals surface area (Å²) in [5.41, 5.74) is 20.4. The number of nitrogens with zero attached hydrogens (tertiary/aromatic N) is 1. The predicted molar refractivity (Wildman–Crippen MR) is 246 cm³/mol. The zero-order chi connectivity index (χ0) is 38.6. The Morgan fingerprint density at radius 1 is 0.328 bits per heavy atom. The third kappa shape index (κ3) is 5.54. The number of rotatable bonds is 7. The molecule has 0 atom stereocenters. The van der Waals surface area contributed by atoms with Crippen molar-refractivity contribution < 1.29 is 0 Å². The first kappa shape index (κ1) is 34.3. The number of hydrogen-bond donors (Lipinski definition) is 1. The van der Waals surface area contributed by atoms with Gasteiger partial charge >= 0.3 is 0 Å². The number of anilines is 5. The van der Waals surface area contributed by atoms with Gasteiger partial charge in [0.15, 0.2) is 0 Å². The van der Waals surface area contributed by atoms with Gasteiger partial charge in [-0.05, 0) is 140 Å². The van der Waals surface area contributed by atoms with Crippen LogP contribution in [0.5, 0.6) is 0 Å². The Balaban J connectivity index is 0.931. The van der Waals surface area contributed by atoms with Crippen LogP contribution in [0.15, 0.2) is 223 Å². The molecule has 2 aliphatic rings. The molecule has 9 aromatic carbocycles. The third-order valence-electron chi connectivity index (χ3n) is 11.9. The molecule has 0 aliphatic heterocycles. The van der Waals surface area contributed by atoms with Gasteiger partial charge in [0.1, 0.15) is 0 Å². The van der Waals surface area contributed by atoms with Gasteiger partial charge in [-0.3, -0.25) is 0 Å². The zero-order valence-corrected chi connectivity index (χ0v) is 33.2. The van der Waals surface area contributed by atoms with Crippen molar-refractivity contribution in [1.29, 1.82) is 0 Å². The Kier molecular flexibility index (Phi) is 8.23. The highest BCUT2D eigenvalue weighted by Gasteiger charge is 2.51. The SMILES string of the molecule is Brc1ccc(-c2ccc(Nc3ccc(-c4ccc(N(c5ccccc5)c5ccc6c(c5)C5(c7ccccc7-c7ccccc75)c5ccccc5-6)cc4)cc3)cc2)cc1. The quantitative estimate of drug-likeness (QED) is 0.173. The second-order valence-corrected chi connectivity index (χ2v) is 16.0. The summed E-state index contributed by atoms with van der Waals surface area (Å²) in [6.07, 6.45) is 0. The maximum Gasteiger partial charge on any atom is 0.0726 e. The fourth-order valence-electron chi connectivity index (χ4n) is 9.35. The van der Waals surface area contributed by atoms with Crippen molar-refractivity contribution in [2.75, 3.05) is 10.2 Å². The van der Waals surface area contributed by atoms with Crippen LogP contribution in [0, 0.1) is 0 Å². The summed E-state index contributed by atoms with van der Waals surface area (Å²) < 4.78 is 1.08. The van der Waals surface area contributed by atoms with Crippen LogP contribution in [0.3, 0.4) is 0 Å². The Bertz CT molecular complexity index is 2890. The first-order chi connectivity index (χ1) is 28.6. The van der Waals surface area contributed by atoms with E-state index in [1.165, 1.54) is 66.8 Å². The molecule has 0 amide bonds. The molecule has 1 N–H and O–H groups in total. The molecule has 9 aromatic rings. The molecular weight excluding hydrogens is 769 g/mol. The molecule has 58 heavy (non-hydrogen) atoms. The van der Waals surface area contributed by atoms with Crippen molar-refractivity contribution in [2.24, 2.45) is 0 Å². The van der Waals surface area contributed by atoms with E-state index < -0.39 is 5.41 Å². The Labute approximate surface area is 347 Å². The van der Waals surface area contributed by atoms with Gasteiger partial charge in [-0.1, -0.05) is 162 Å². The van der Waals surface area contributed by atoms with Crippen molar-refractivity contribution in [2.45, 2.75) is 5.41 Å². The largest absolute Gasteiger partial charge is 0.356 e. The number of fused-ring (bicyclic) bond motifs is 10. The fourth-order valence-corrected chi connectivity index (χ4v) is 9.61. The van der Waals surface area contributed by atoms with Crippen molar-refractivity contribution >= 4 is 44.4 Å². The van der Waals surface area contributed by atoms with E-state index in [9.17, 15) is 0 Å². The van der Waals surface area contributed by atoms with Crippen LogP contribution in [0.4, 0.5) is 28.4 Å². The van der Waals surface area contributed by atoms with Crippen molar-refractivity contribution in [3.63, 3.8) is 0 Å². The number of para-hydroxylation sites is 1. The van der Waals surface area contributed by atoms with Crippen LogP contribution in [-0.4, -0.2) is 0 Å². The van der Waals surface area contributed by atoms with Gasteiger partial charge in [0.05, 0.1) is 5.41 Å². The molecule has 2 nitrogen and oxygen atoms in total. The molecule has 0 radical (unpaired) electrons. The topological polar surface area (TPSA) is 15.3 Å². The van der Waals surface area contributed by atoms with E-state index in [1.54, 1.807) is 0 Å². The second-order valence-electron chi connectivity index (χ2n) is 15.1. The highest BCUT2D eigenvalue weighted by Crippen LogP contribution is 2.63. The molecule has 274 valence electrons. The molecule has 2 aliphatic carbocycles. The molecule has 0 fully saturated rings. The molecule has 0 heterocycles. The molecule has 11 rings (SSSR count). The summed E-state index contributed by atoms with van der Waals surface area (Å²) in [5, 5.41) is 3.57. The van der Waals surface area contributed by atoms with E-state index in [0.717, 1.165) is 32.9 Å². The third-order valence-corrected chi connectivity index (χ3v) is 12.5. The van der Waals surface area contributed by atoms with E-state index >= 15 is 0 Å². The summed E-state index contributed by atoms with van der Waals surface area (Å²) in [7, 11) is 0. The lowest BCUT2D eigenvalue weighted by Gasteiger charge is -2.32. The normalized spacial score (nSPS) is 12.7. The molecule has 0 unspecified atom stereocenters. The number of nitrogens with one attached hydrogen (secondary N) is 1. The van der Waals surface area contributed by atoms with Gasteiger partial charge in [-0.25, -0.2) is 0 Å². The van der Waals surface area contributed by atoms with Crippen LogP contribution in [0.1, 0.15) is 22.3 Å². The van der Waals surface area contributed by atoms with E-state index in [1.807, 2.05) is 0 Å². The van der Waals surface area contributed by atoms with Gasteiger partial charge < -0.3 is 10.2 Å². The molecule has 0 saturated heterocycles. The average Bonchev–Trinajstić information content (AvgIpc) is 3.75. The Morgan fingerprint density at radius 2 is 0.707 bits per heavy atom. The minimum atomic E-state index is -0.397. The second kappa shape index (κ2) is 13.9. The number of hydrogen-bond acceptors (Lipinski definition) is 2. The smallest absolute Gasteiger partial charge is 0.0726 e. The van der Waals surface area contributed by atoms with Crippen LogP contribution < -0.4 is 10.2 Å². The average molecular weight is 806 g/mol. The van der Waals surface area contributed by atoms with Gasteiger partial charge in [-0.15, -0.1) is 0 Å². The van der Waals surface area contributed by atoms with Crippen molar-refractivity contribution in [1.82, 2.24) is 0 Å². The Morgan fingerprint density at radius 3 is 1.21 bits per heavy atom. The van der Waals surface area contributed by atoms with Crippen molar-refractivity contribution in [3.05, 3.63) is 245 Å². The van der Waals surface area contributed by atoms with Crippen LogP contribution in [0.25, 0.3) is 44.5 Å². The monoisotopic (exact) mass is 804 g/mol. The standard InChI is InChI=1S/C55H37BrN2/c56-41-26-18-37(19-27-41)38-20-28-42(29-21-38)57-43-30-22-39(23-31-43)40-24-32-45(33-25-40)58(44-10-2-1-3-11-44)46-34-35-50-49-14-6-9-17-53(49)55(54(50)36-46)51-15-7-4-12-47(51)48-13-5-8-16-52(48)55/h1-36,57H. The molecular formula is C55H37BrN2. The van der Waals surface area contributed by atoms with E-state index in [2.05, 4.69) is 245 Å². The maximum absolute atomic E-state index is 3.57. The zero-order valence-electron chi connectivity index (χ0n) is 31.6. The molecule has 0 saturated carbocycles. The van der Waals surface area contributed by atoms with Crippen LogP contribution >= 0.6 is 15.9 Å². The number of halogens is 1. The predicted octanol–water partition coefficient (Wildman–Crippen LogP) is 15.3. The summed E-state index contributed by atoms with van der Waals surface area (Å²) in [6.45, 7) is 0. The Hall–Kier alpha value is -6.94. The maximum atomic E-state index is 3.57. The summed E-state index contributed by atoms with van der Waals surface area (Å²) in [6, 6.07) is 79.5. The van der Waals surface area contributed by atoms with E-state index in [-0.39, 0.29) is 0 Å². The number of benzene rings is 9. The molecule has 0 aromatic heterocycles. The van der Waals surface area contributed by atoms with E-state index in [4.69, 9.17) is 0 Å². The fraction of sp³-hybridized carbons (Fsp3) is 0.0182. The van der Waals surface area contributed by atoms with Gasteiger partial charge in [0.25, 0.3) is 0 Å². The lowest BCUT2D eigenvalue weighted by Crippen LogP contribution is -2.26. The summed E-state index contributed by atoms with van der Waals surface area (Å²) >= 11 is 3.53. The lowest BCUT2D eigenvalue weighted by atomic mass is 9.70. The first-order valence-electron chi connectivity index (χ1n) is 19.8. The minimum absolute atomic E-state index is 0.397. The minimum Gasteiger partial charge on any atom is -0.356 e. The molecule has 0 bridgehead atoms. The highest BCUT2D eigenvalue weighted by atomic mass is 79.9. The van der Waals surface area contributed by atoms with Gasteiger partial charge in [0, 0.05) is 32.9 Å². The first-order valence-corrected chi connectivity index (χ1v) is 20.6. The van der Waals surface area contributed by atoms with Crippen molar-refractivity contribution in [3.8, 4) is 44.5 Å². The van der Waals surface area contributed by atoms with Gasteiger partial charge in [0.2, 0.25) is 0 Å².